The maximum atomic E-state index is 12.9. The number of rotatable bonds is 8. The minimum absolute atomic E-state index is 0.152. The topological polar surface area (TPSA) is 156 Å². The Hall–Kier alpha value is -9.40. The molecule has 0 aliphatic heterocycles. The summed E-state index contributed by atoms with van der Waals surface area (Å²) in [7, 11) is 0. The monoisotopic (exact) mass is 1380 g/mol. The molecule has 0 fully saturated rings. The number of hydrogen-bond acceptors (Lipinski definition) is 12. The Balaban J connectivity index is 0.000000116. The van der Waals surface area contributed by atoms with Crippen LogP contribution in [-0.4, -0.2) is 18.3 Å². The van der Waals surface area contributed by atoms with E-state index in [-0.39, 0.29) is 63.8 Å². The molecule has 0 amide bonds. The quantitative estimate of drug-likeness (QED) is 0.136. The van der Waals surface area contributed by atoms with Crippen LogP contribution in [0.1, 0.15) is 22.3 Å². The highest BCUT2D eigenvalue weighted by Crippen LogP contribution is 2.34. The van der Waals surface area contributed by atoms with E-state index in [1.807, 2.05) is 121 Å². The van der Waals surface area contributed by atoms with Gasteiger partial charge in [-0.1, -0.05) is 218 Å². The highest BCUT2D eigenvalue weighted by molar-refractivity contribution is 9.11. The minimum Gasteiger partial charge on any atom is -0.268 e. The normalized spacial score (nSPS) is 11.3. The molecule has 0 unspecified atom stereocenters. The van der Waals surface area contributed by atoms with Gasteiger partial charge in [-0.05, 0) is 109 Å². The molecule has 0 atom stereocenters. The van der Waals surface area contributed by atoms with Gasteiger partial charge >= 0.3 is 0 Å². The van der Waals surface area contributed by atoms with E-state index in [0.29, 0.717) is 0 Å². The Morgan fingerprint density at radius 1 is 0.233 bits per heavy atom. The maximum Gasteiger partial charge on any atom is 0.272 e. The lowest BCUT2D eigenvalue weighted by molar-refractivity contribution is 0.755. The summed E-state index contributed by atoms with van der Waals surface area (Å²) < 4.78 is 8.84. The van der Waals surface area contributed by atoms with Crippen LogP contribution in [-0.2, 0) is 26.2 Å². The van der Waals surface area contributed by atoms with Gasteiger partial charge in [-0.3, -0.25) is 56.6 Å². The van der Waals surface area contributed by atoms with Crippen molar-refractivity contribution in [3.05, 3.63) is 345 Å². The number of aromatic nitrogens is 4. The predicted octanol–water partition coefficient (Wildman–Crippen LogP) is 14.9. The summed E-state index contributed by atoms with van der Waals surface area (Å²) in [4.78, 5) is 103. The highest BCUT2D eigenvalue weighted by Gasteiger charge is 2.24. The van der Waals surface area contributed by atoms with Gasteiger partial charge in [-0.25, -0.2) is 0 Å². The Morgan fingerprint density at radius 3 is 0.589 bits per heavy atom. The number of nitrogens with zero attached hydrogens (tertiary/aromatic N) is 4. The van der Waals surface area contributed by atoms with Crippen LogP contribution < -0.4 is 44.5 Å². The Morgan fingerprint density at radius 2 is 0.400 bits per heavy atom. The first-order valence-electron chi connectivity index (χ1n) is 28.2. The first-order valence-corrected chi connectivity index (χ1v) is 33.1. The summed E-state index contributed by atoms with van der Waals surface area (Å²) in [5.74, 6) is 0. The number of halogens is 2. The zero-order valence-corrected chi connectivity index (χ0v) is 53.6. The second-order valence-electron chi connectivity index (χ2n) is 21.0. The summed E-state index contributed by atoms with van der Waals surface area (Å²) >= 11 is 11.1. The van der Waals surface area contributed by atoms with Gasteiger partial charge in [0.15, 0.2) is 0 Å². The van der Waals surface area contributed by atoms with E-state index in [2.05, 4.69) is 141 Å². The van der Waals surface area contributed by atoms with Gasteiger partial charge in [0.25, 0.3) is 44.5 Å². The molecule has 440 valence electrons. The molecular formula is C72H46Br2N4O8S4. The molecule has 18 heteroatoms. The van der Waals surface area contributed by atoms with Crippen molar-refractivity contribution in [3.63, 3.8) is 0 Å². The van der Waals surface area contributed by atoms with Gasteiger partial charge in [0, 0.05) is 8.95 Å². The van der Waals surface area contributed by atoms with Crippen LogP contribution in [0.25, 0.3) is 80.7 Å². The van der Waals surface area contributed by atoms with E-state index in [4.69, 9.17) is 0 Å². The summed E-state index contributed by atoms with van der Waals surface area (Å²) in [5.41, 5.74) is -0.0924. The summed E-state index contributed by atoms with van der Waals surface area (Å²) in [6.07, 6.45) is 0. The van der Waals surface area contributed by atoms with Gasteiger partial charge in [0.2, 0.25) is 0 Å². The fourth-order valence-corrected chi connectivity index (χ4v) is 17.1. The minimum atomic E-state index is -0.426. The highest BCUT2D eigenvalue weighted by atomic mass is 79.9. The zero-order valence-electron chi connectivity index (χ0n) is 47.2. The van der Waals surface area contributed by atoms with Crippen LogP contribution in [0.15, 0.2) is 278 Å². The van der Waals surface area contributed by atoms with Crippen molar-refractivity contribution in [2.45, 2.75) is 26.2 Å². The molecule has 10 aromatic carbocycles. The summed E-state index contributed by atoms with van der Waals surface area (Å²) in [5, 5.41) is 10.2. The molecule has 0 aliphatic carbocycles. The van der Waals surface area contributed by atoms with Gasteiger partial charge in [-0.2, -0.15) is 0 Å². The van der Waals surface area contributed by atoms with Gasteiger partial charge < -0.3 is 0 Å². The molecule has 0 saturated heterocycles. The summed E-state index contributed by atoms with van der Waals surface area (Å²) in [6, 6.07) is 75.1. The van der Waals surface area contributed by atoms with Crippen LogP contribution in [0.5, 0.6) is 0 Å². The summed E-state index contributed by atoms with van der Waals surface area (Å²) in [6.45, 7) is 0.608. The third-order valence-corrected chi connectivity index (χ3v) is 22.2. The second-order valence-corrected chi connectivity index (χ2v) is 26.7. The number of benzene rings is 10. The molecule has 6 aromatic heterocycles. The van der Waals surface area contributed by atoms with E-state index in [1.54, 1.807) is 0 Å². The molecule has 0 radical (unpaired) electrons. The van der Waals surface area contributed by atoms with E-state index >= 15 is 0 Å². The van der Waals surface area contributed by atoms with Crippen molar-refractivity contribution >= 4 is 158 Å². The molecule has 0 spiro atoms. The smallest absolute Gasteiger partial charge is 0.268 e. The largest absolute Gasteiger partial charge is 0.272 e. The zero-order chi connectivity index (χ0) is 62.2. The molecule has 6 heterocycles. The van der Waals surface area contributed by atoms with E-state index < -0.39 is 44.5 Å². The Kier molecular flexibility index (Phi) is 16.9. The van der Waals surface area contributed by atoms with Crippen LogP contribution in [0.3, 0.4) is 0 Å². The van der Waals surface area contributed by atoms with Crippen LogP contribution >= 0.6 is 77.2 Å². The van der Waals surface area contributed by atoms with E-state index in [1.165, 1.54) is 70.3 Å². The lowest BCUT2D eigenvalue weighted by atomic mass is 10.0. The van der Waals surface area contributed by atoms with Crippen molar-refractivity contribution in [2.75, 3.05) is 0 Å². The molecule has 16 aromatic rings. The second kappa shape index (κ2) is 25.6. The fourth-order valence-electron chi connectivity index (χ4n) is 10.8. The molecule has 16 rings (SSSR count). The lowest BCUT2D eigenvalue weighted by Gasteiger charge is -2.05. The number of hydrogen-bond donors (Lipinski definition) is 0. The molecular weight excluding hydrogens is 1340 g/mol. The Labute approximate surface area is 542 Å². The standard InChI is InChI=1S/2C22H14N2O4S2.2C14H9Br/c2*25-19-15-16(20(26)23(19)11-13-7-3-1-4-8-13)30-18-17(29-15)21(27)24(22(18)28)12-14-9-5-2-6-10-14;2*15-14-12-7-3-1-5-10(12)9-11-6-2-4-8-13(11)14/h2*1-10H,11-12H2;2*1-9H. The molecule has 0 saturated carbocycles. The Bertz CT molecular complexity index is 5040. The van der Waals surface area contributed by atoms with Crippen molar-refractivity contribution in [1.82, 2.24) is 18.3 Å². The lowest BCUT2D eigenvalue weighted by Crippen LogP contribution is -2.26. The van der Waals surface area contributed by atoms with Gasteiger partial charge in [0.05, 0.1) is 26.2 Å². The average Bonchev–Trinajstić information content (AvgIpc) is 1.62. The molecule has 0 bridgehead atoms. The van der Waals surface area contributed by atoms with Crippen LogP contribution in [0, 0.1) is 0 Å². The van der Waals surface area contributed by atoms with Crippen molar-refractivity contribution in [1.29, 1.82) is 0 Å². The first-order chi connectivity index (χ1) is 43.8. The fraction of sp³-hybridized carbons (Fsp3) is 0.0556. The van der Waals surface area contributed by atoms with Gasteiger partial charge in [0.1, 0.15) is 37.6 Å². The van der Waals surface area contributed by atoms with Gasteiger partial charge in [-0.15, -0.1) is 45.3 Å². The third-order valence-electron chi connectivity index (χ3n) is 15.3. The van der Waals surface area contributed by atoms with E-state index in [9.17, 15) is 38.4 Å². The van der Waals surface area contributed by atoms with Crippen molar-refractivity contribution < 1.29 is 0 Å². The van der Waals surface area contributed by atoms with Crippen molar-refractivity contribution in [3.8, 4) is 0 Å². The average molecular weight is 1380 g/mol. The molecule has 90 heavy (non-hydrogen) atoms. The maximum absolute atomic E-state index is 12.9. The van der Waals surface area contributed by atoms with Crippen LogP contribution in [0.2, 0.25) is 0 Å². The molecule has 12 nitrogen and oxygen atoms in total. The first kappa shape index (κ1) is 59.6. The molecule has 0 N–H and O–H groups in total. The van der Waals surface area contributed by atoms with Crippen molar-refractivity contribution in [2.24, 2.45) is 0 Å². The SMILES string of the molecule is Brc1c2ccccc2cc2ccccc12.Brc1c2ccccc2cc2ccccc12.O=c1c2sc3c(=O)n(Cc4ccccc4)c(=O)c3sc2c(=O)n1Cc1ccccc1.O=c1c2sc3c(=O)n(Cc4ccccc4)c(=O)c3sc2c(=O)n1Cc1ccccc1. The third kappa shape index (κ3) is 11.5. The predicted molar refractivity (Wildman–Crippen MR) is 379 cm³/mol. The number of fused-ring (bicyclic) bond motifs is 8. The van der Waals surface area contributed by atoms with E-state index in [0.717, 1.165) is 67.6 Å². The molecule has 0 aliphatic rings. The van der Waals surface area contributed by atoms with Crippen LogP contribution in [0.4, 0.5) is 0 Å².